The number of carbonyl (C=O) groups is 1. The quantitative estimate of drug-likeness (QED) is 0.333. The van der Waals surface area contributed by atoms with Gasteiger partial charge in [0.05, 0.1) is 23.8 Å². The molecule has 10 nitrogen and oxygen atoms in total. The molecule has 1 saturated heterocycles. The maximum Gasteiger partial charge on any atom is 0.293 e. The molecule has 0 aliphatic carbocycles. The van der Waals surface area contributed by atoms with Crippen LogP contribution in [0.25, 0.3) is 16.7 Å². The molecule has 1 amide bonds. The van der Waals surface area contributed by atoms with Gasteiger partial charge in [0, 0.05) is 30.4 Å². The first-order chi connectivity index (χ1) is 17.0. The molecule has 0 atom stereocenters. The lowest BCUT2D eigenvalue weighted by molar-refractivity contribution is -0.384. The van der Waals surface area contributed by atoms with Gasteiger partial charge >= 0.3 is 0 Å². The number of carbonyl (C=O) groups excluding carboxylic acids is 1. The third kappa shape index (κ3) is 4.69. The Kier molecular flexibility index (Phi) is 6.11. The number of hydrogen-bond acceptors (Lipinski definition) is 7. The van der Waals surface area contributed by atoms with Crippen molar-refractivity contribution in [2.75, 3.05) is 36.5 Å². The van der Waals surface area contributed by atoms with Crippen molar-refractivity contribution < 1.29 is 14.5 Å². The SMILES string of the molecule is CCc1ccc(-n2nc3ccc(NC(=O)c4ccc(N5CCOCC5)c([N+](=O)[O-])c4)cc3n2)cc1. The van der Waals surface area contributed by atoms with Crippen molar-refractivity contribution in [3.05, 3.63) is 81.9 Å². The first-order valence-corrected chi connectivity index (χ1v) is 11.4. The molecule has 10 heteroatoms. The molecule has 0 unspecified atom stereocenters. The third-order valence-corrected chi connectivity index (χ3v) is 6.00. The summed E-state index contributed by atoms with van der Waals surface area (Å²) in [6.45, 7) is 4.25. The number of aromatic nitrogens is 3. The predicted octanol–water partition coefficient (Wildman–Crippen LogP) is 3.98. The summed E-state index contributed by atoms with van der Waals surface area (Å²) in [6.07, 6.45) is 0.955. The number of rotatable bonds is 6. The van der Waals surface area contributed by atoms with Crippen LogP contribution in [0.4, 0.5) is 17.1 Å². The van der Waals surface area contributed by atoms with Gasteiger partial charge in [0.25, 0.3) is 11.6 Å². The monoisotopic (exact) mass is 472 g/mol. The van der Waals surface area contributed by atoms with Crippen molar-refractivity contribution in [3.63, 3.8) is 0 Å². The number of nitrogens with one attached hydrogen (secondary N) is 1. The van der Waals surface area contributed by atoms with Gasteiger partial charge in [-0.2, -0.15) is 4.80 Å². The summed E-state index contributed by atoms with van der Waals surface area (Å²) in [7, 11) is 0. The highest BCUT2D eigenvalue weighted by atomic mass is 16.6. The van der Waals surface area contributed by atoms with E-state index in [1.54, 1.807) is 35.1 Å². The average molecular weight is 473 g/mol. The minimum atomic E-state index is -0.459. The smallest absolute Gasteiger partial charge is 0.293 e. The van der Waals surface area contributed by atoms with Crippen molar-refractivity contribution in [2.45, 2.75) is 13.3 Å². The Labute approximate surface area is 201 Å². The molecule has 1 aliphatic rings. The number of anilines is 2. The molecule has 0 spiro atoms. The van der Waals surface area contributed by atoms with Crippen LogP contribution < -0.4 is 10.2 Å². The number of fused-ring (bicyclic) bond motifs is 1. The van der Waals surface area contributed by atoms with Crippen LogP contribution in [-0.4, -0.2) is 52.1 Å². The molecule has 4 aromatic rings. The molecule has 5 rings (SSSR count). The van der Waals surface area contributed by atoms with E-state index in [0.717, 1.165) is 12.1 Å². The number of ether oxygens (including phenoxy) is 1. The van der Waals surface area contributed by atoms with Crippen LogP contribution in [0.3, 0.4) is 0 Å². The van der Waals surface area contributed by atoms with Crippen LogP contribution in [0.2, 0.25) is 0 Å². The van der Waals surface area contributed by atoms with Crippen LogP contribution in [0, 0.1) is 10.1 Å². The largest absolute Gasteiger partial charge is 0.378 e. The Morgan fingerprint density at radius 2 is 1.77 bits per heavy atom. The number of nitrogens with zero attached hydrogens (tertiary/aromatic N) is 5. The number of amides is 1. The summed E-state index contributed by atoms with van der Waals surface area (Å²) in [5.41, 5.74) is 4.49. The topological polar surface area (TPSA) is 115 Å². The highest BCUT2D eigenvalue weighted by Gasteiger charge is 2.23. The second-order valence-electron chi connectivity index (χ2n) is 8.23. The number of hydrogen-bond donors (Lipinski definition) is 1. The van der Waals surface area contributed by atoms with Crippen LogP contribution in [0.1, 0.15) is 22.8 Å². The zero-order valence-corrected chi connectivity index (χ0v) is 19.2. The number of benzene rings is 3. The Bertz CT molecular complexity index is 1390. The van der Waals surface area contributed by atoms with E-state index < -0.39 is 10.8 Å². The summed E-state index contributed by atoms with van der Waals surface area (Å²) < 4.78 is 5.33. The summed E-state index contributed by atoms with van der Waals surface area (Å²) >= 11 is 0. The fourth-order valence-corrected chi connectivity index (χ4v) is 4.06. The van der Waals surface area contributed by atoms with Crippen molar-refractivity contribution in [1.29, 1.82) is 0 Å². The van der Waals surface area contributed by atoms with Crippen molar-refractivity contribution in [3.8, 4) is 5.69 Å². The van der Waals surface area contributed by atoms with E-state index in [9.17, 15) is 14.9 Å². The van der Waals surface area contributed by atoms with E-state index in [4.69, 9.17) is 4.74 Å². The molecule has 0 bridgehead atoms. The van der Waals surface area contributed by atoms with Gasteiger partial charge in [-0.05, 0) is 54.4 Å². The standard InChI is InChI=1S/C25H24N6O4/c1-2-17-3-7-20(8-4-17)30-27-21-9-6-19(16-22(21)28-30)26-25(32)18-5-10-23(24(15-18)31(33)34)29-11-13-35-14-12-29/h3-10,15-16H,2,11-14H2,1H3,(H,26,32). The highest BCUT2D eigenvalue weighted by molar-refractivity contribution is 6.05. The molecule has 1 aliphatic heterocycles. The number of nitro benzene ring substituents is 1. The first kappa shape index (κ1) is 22.5. The lowest BCUT2D eigenvalue weighted by atomic mass is 10.1. The normalized spacial score (nSPS) is 13.7. The molecule has 2 heterocycles. The summed E-state index contributed by atoms with van der Waals surface area (Å²) in [4.78, 5) is 27.6. The number of morpholine rings is 1. The van der Waals surface area contributed by atoms with E-state index in [2.05, 4.69) is 22.4 Å². The zero-order chi connectivity index (χ0) is 24.4. The molecule has 0 radical (unpaired) electrons. The molecule has 1 aromatic heterocycles. The fourth-order valence-electron chi connectivity index (χ4n) is 4.06. The molecular weight excluding hydrogens is 448 g/mol. The number of aryl methyl sites for hydroxylation is 1. The van der Waals surface area contributed by atoms with Gasteiger partial charge in [-0.15, -0.1) is 10.2 Å². The molecule has 3 aromatic carbocycles. The summed E-state index contributed by atoms with van der Waals surface area (Å²) in [6, 6.07) is 17.8. The Balaban J connectivity index is 1.36. The third-order valence-electron chi connectivity index (χ3n) is 6.00. The van der Waals surface area contributed by atoms with Crippen molar-refractivity contribution in [1.82, 2.24) is 15.0 Å². The summed E-state index contributed by atoms with van der Waals surface area (Å²) in [5, 5.41) is 23.5. The van der Waals surface area contributed by atoms with Crippen molar-refractivity contribution >= 4 is 34.0 Å². The summed E-state index contributed by atoms with van der Waals surface area (Å²) in [5.74, 6) is -0.441. The molecule has 0 saturated carbocycles. The van der Waals surface area contributed by atoms with E-state index in [1.165, 1.54) is 11.6 Å². The Morgan fingerprint density at radius 1 is 1.03 bits per heavy atom. The second-order valence-corrected chi connectivity index (χ2v) is 8.23. The van der Waals surface area contributed by atoms with E-state index >= 15 is 0 Å². The Morgan fingerprint density at radius 3 is 2.49 bits per heavy atom. The van der Waals surface area contributed by atoms with Gasteiger partial charge in [-0.3, -0.25) is 14.9 Å². The fraction of sp³-hybridized carbons (Fsp3) is 0.240. The molecular formula is C25H24N6O4. The lowest BCUT2D eigenvalue weighted by Gasteiger charge is -2.28. The van der Waals surface area contributed by atoms with Gasteiger partial charge in [0.1, 0.15) is 16.7 Å². The molecule has 1 N–H and O–H groups in total. The van der Waals surface area contributed by atoms with Gasteiger partial charge in [-0.25, -0.2) is 0 Å². The molecule has 35 heavy (non-hydrogen) atoms. The van der Waals surface area contributed by atoms with E-state index in [0.29, 0.717) is 48.7 Å². The van der Waals surface area contributed by atoms with Crippen molar-refractivity contribution in [2.24, 2.45) is 0 Å². The van der Waals surface area contributed by atoms with Crippen LogP contribution in [0.15, 0.2) is 60.7 Å². The van der Waals surface area contributed by atoms with Gasteiger partial charge in [0.2, 0.25) is 0 Å². The minimum absolute atomic E-state index is 0.105. The lowest BCUT2D eigenvalue weighted by Crippen LogP contribution is -2.36. The van der Waals surface area contributed by atoms with Gasteiger partial charge in [0.15, 0.2) is 0 Å². The zero-order valence-electron chi connectivity index (χ0n) is 19.2. The van der Waals surface area contributed by atoms with Gasteiger partial charge < -0.3 is 15.0 Å². The minimum Gasteiger partial charge on any atom is -0.378 e. The Hall–Kier alpha value is -4.31. The molecule has 1 fully saturated rings. The highest BCUT2D eigenvalue weighted by Crippen LogP contribution is 2.30. The number of nitro groups is 1. The maximum atomic E-state index is 12.9. The van der Waals surface area contributed by atoms with Crippen LogP contribution in [-0.2, 0) is 11.2 Å². The second kappa shape index (κ2) is 9.51. The predicted molar refractivity (Wildman–Crippen MR) is 132 cm³/mol. The average Bonchev–Trinajstić information content (AvgIpc) is 3.32. The first-order valence-electron chi connectivity index (χ1n) is 11.4. The molecule has 178 valence electrons. The van der Waals surface area contributed by atoms with E-state index in [-0.39, 0.29) is 11.3 Å². The van der Waals surface area contributed by atoms with Crippen LogP contribution >= 0.6 is 0 Å². The van der Waals surface area contributed by atoms with E-state index in [1.807, 2.05) is 29.2 Å². The maximum absolute atomic E-state index is 12.9. The van der Waals surface area contributed by atoms with Gasteiger partial charge in [-0.1, -0.05) is 19.1 Å². The van der Waals surface area contributed by atoms with Crippen LogP contribution in [0.5, 0.6) is 0 Å².